The van der Waals surface area contributed by atoms with Crippen molar-refractivity contribution in [3.05, 3.63) is 28.2 Å². The first-order valence-corrected chi connectivity index (χ1v) is 7.53. The van der Waals surface area contributed by atoms with Gasteiger partial charge in [0.1, 0.15) is 5.75 Å². The van der Waals surface area contributed by atoms with E-state index in [0.717, 1.165) is 18.8 Å². The summed E-state index contributed by atoms with van der Waals surface area (Å²) in [7, 11) is 0. The third kappa shape index (κ3) is 3.48. The van der Waals surface area contributed by atoms with Crippen LogP contribution in [0.15, 0.2) is 22.7 Å². The Bertz CT molecular complexity index is 356. The minimum Gasteiger partial charge on any atom is -0.493 e. The molecule has 0 radical (unpaired) electrons. The molecule has 0 bridgehead atoms. The first-order valence-electron chi connectivity index (χ1n) is 6.73. The van der Waals surface area contributed by atoms with Crippen LogP contribution in [-0.2, 0) is 0 Å². The Hall–Kier alpha value is -0.500. The molecule has 1 aromatic carbocycles. The number of benzene rings is 1. The Morgan fingerprint density at radius 3 is 2.76 bits per heavy atom. The van der Waals surface area contributed by atoms with Gasteiger partial charge in [0.2, 0.25) is 0 Å². The summed E-state index contributed by atoms with van der Waals surface area (Å²) in [6, 6.07) is 6.45. The van der Waals surface area contributed by atoms with Gasteiger partial charge in [-0.1, -0.05) is 42.1 Å². The molecule has 0 aliphatic heterocycles. The second kappa shape index (κ2) is 6.44. The minimum absolute atomic E-state index is 0.712. The minimum atomic E-state index is 0.712. The third-order valence-electron chi connectivity index (χ3n) is 3.52. The molecule has 1 fully saturated rings. The zero-order valence-electron chi connectivity index (χ0n) is 10.5. The molecule has 0 saturated heterocycles. The molecule has 2 rings (SSSR count). The van der Waals surface area contributed by atoms with Crippen LogP contribution in [0.2, 0.25) is 0 Å². The van der Waals surface area contributed by atoms with E-state index in [4.69, 9.17) is 4.74 Å². The average Bonchev–Trinajstić information content (AvgIpc) is 2.85. The van der Waals surface area contributed by atoms with Crippen molar-refractivity contribution in [3.63, 3.8) is 0 Å². The molecule has 1 aromatic rings. The summed E-state index contributed by atoms with van der Waals surface area (Å²) in [5.41, 5.74) is 1.41. The predicted octanol–water partition coefficient (Wildman–Crippen LogP) is 5.29. The van der Waals surface area contributed by atoms with Crippen molar-refractivity contribution in [2.45, 2.75) is 51.4 Å². The monoisotopic (exact) mass is 296 g/mol. The van der Waals surface area contributed by atoms with Crippen LogP contribution in [0, 0.1) is 0 Å². The fourth-order valence-corrected chi connectivity index (χ4v) is 2.91. The normalized spacial score (nSPS) is 16.4. The van der Waals surface area contributed by atoms with E-state index in [1.807, 2.05) is 0 Å². The Morgan fingerprint density at radius 2 is 2.06 bits per heavy atom. The molecular weight excluding hydrogens is 276 g/mol. The smallest absolute Gasteiger partial charge is 0.122 e. The summed E-state index contributed by atoms with van der Waals surface area (Å²) in [5, 5.41) is 0. The van der Waals surface area contributed by atoms with Gasteiger partial charge >= 0.3 is 0 Å². The van der Waals surface area contributed by atoms with E-state index in [0.29, 0.717) is 5.92 Å². The molecule has 0 spiro atoms. The van der Waals surface area contributed by atoms with Gasteiger partial charge in [-0.3, -0.25) is 0 Å². The zero-order chi connectivity index (χ0) is 12.1. The van der Waals surface area contributed by atoms with Crippen LogP contribution < -0.4 is 4.74 Å². The van der Waals surface area contributed by atoms with Crippen molar-refractivity contribution < 1.29 is 4.74 Å². The van der Waals surface area contributed by atoms with Crippen LogP contribution in [0.5, 0.6) is 5.75 Å². The number of halogens is 1. The molecule has 1 aliphatic rings. The van der Waals surface area contributed by atoms with E-state index < -0.39 is 0 Å². The van der Waals surface area contributed by atoms with Gasteiger partial charge in [0.05, 0.1) is 6.61 Å². The molecule has 0 amide bonds. The number of hydrogen-bond donors (Lipinski definition) is 0. The van der Waals surface area contributed by atoms with E-state index in [2.05, 4.69) is 41.1 Å². The van der Waals surface area contributed by atoms with Crippen molar-refractivity contribution in [1.29, 1.82) is 0 Å². The van der Waals surface area contributed by atoms with Gasteiger partial charge in [-0.2, -0.15) is 0 Å². The third-order valence-corrected chi connectivity index (χ3v) is 4.02. The molecule has 1 nitrogen and oxygen atoms in total. The summed E-state index contributed by atoms with van der Waals surface area (Å²) < 4.78 is 7.09. The first kappa shape index (κ1) is 12.9. The SMILES string of the molecule is CCCCOc1ccc(Br)cc1C1CCCC1. The van der Waals surface area contributed by atoms with Crippen molar-refractivity contribution in [1.82, 2.24) is 0 Å². The van der Waals surface area contributed by atoms with Crippen LogP contribution in [-0.4, -0.2) is 6.61 Å². The molecule has 1 saturated carbocycles. The molecule has 0 heterocycles. The number of rotatable bonds is 5. The summed E-state index contributed by atoms with van der Waals surface area (Å²) in [4.78, 5) is 0. The Labute approximate surface area is 113 Å². The second-order valence-electron chi connectivity index (χ2n) is 4.87. The van der Waals surface area contributed by atoms with Gasteiger partial charge in [0, 0.05) is 4.47 Å². The van der Waals surface area contributed by atoms with Gasteiger partial charge in [-0.25, -0.2) is 0 Å². The van der Waals surface area contributed by atoms with Crippen molar-refractivity contribution in [3.8, 4) is 5.75 Å². The molecule has 17 heavy (non-hydrogen) atoms. The van der Waals surface area contributed by atoms with E-state index in [9.17, 15) is 0 Å². The van der Waals surface area contributed by atoms with Crippen LogP contribution in [0.1, 0.15) is 56.9 Å². The van der Waals surface area contributed by atoms with Crippen molar-refractivity contribution in [2.75, 3.05) is 6.61 Å². The molecule has 2 heteroatoms. The number of unbranched alkanes of at least 4 members (excludes halogenated alkanes) is 1. The Morgan fingerprint density at radius 1 is 1.29 bits per heavy atom. The largest absolute Gasteiger partial charge is 0.493 e. The maximum Gasteiger partial charge on any atom is 0.122 e. The lowest BCUT2D eigenvalue weighted by atomic mass is 9.97. The quantitative estimate of drug-likeness (QED) is 0.671. The van der Waals surface area contributed by atoms with Gasteiger partial charge in [0.25, 0.3) is 0 Å². The summed E-state index contributed by atoms with van der Waals surface area (Å²) >= 11 is 3.57. The lowest BCUT2D eigenvalue weighted by Gasteiger charge is -2.16. The molecule has 0 aromatic heterocycles. The Balaban J connectivity index is 2.12. The lowest BCUT2D eigenvalue weighted by molar-refractivity contribution is 0.304. The van der Waals surface area contributed by atoms with E-state index in [1.54, 1.807) is 0 Å². The summed E-state index contributed by atoms with van der Waals surface area (Å²) in [6.45, 7) is 3.04. The molecule has 0 N–H and O–H groups in total. The number of hydrogen-bond acceptors (Lipinski definition) is 1. The fraction of sp³-hybridized carbons (Fsp3) is 0.600. The maximum atomic E-state index is 5.92. The van der Waals surface area contributed by atoms with Gasteiger partial charge in [-0.15, -0.1) is 0 Å². The standard InChI is InChI=1S/C15H21BrO/c1-2-3-10-17-15-9-8-13(16)11-14(15)12-6-4-5-7-12/h8-9,11-12H,2-7,10H2,1H3. The first-order chi connectivity index (χ1) is 8.31. The number of ether oxygens (including phenoxy) is 1. The van der Waals surface area contributed by atoms with Crippen molar-refractivity contribution >= 4 is 15.9 Å². The van der Waals surface area contributed by atoms with Crippen LogP contribution >= 0.6 is 15.9 Å². The highest BCUT2D eigenvalue weighted by molar-refractivity contribution is 9.10. The maximum absolute atomic E-state index is 5.92. The van der Waals surface area contributed by atoms with Gasteiger partial charge in [-0.05, 0) is 48.9 Å². The highest BCUT2D eigenvalue weighted by Crippen LogP contribution is 2.39. The summed E-state index contributed by atoms with van der Waals surface area (Å²) in [6.07, 6.45) is 7.70. The molecule has 94 valence electrons. The van der Waals surface area contributed by atoms with E-state index in [1.165, 1.54) is 42.1 Å². The molecule has 0 unspecified atom stereocenters. The van der Waals surface area contributed by atoms with E-state index >= 15 is 0 Å². The van der Waals surface area contributed by atoms with Crippen LogP contribution in [0.4, 0.5) is 0 Å². The van der Waals surface area contributed by atoms with Crippen LogP contribution in [0.3, 0.4) is 0 Å². The summed E-state index contributed by atoms with van der Waals surface area (Å²) in [5.74, 6) is 1.82. The van der Waals surface area contributed by atoms with Gasteiger partial charge in [0.15, 0.2) is 0 Å². The van der Waals surface area contributed by atoms with Gasteiger partial charge < -0.3 is 4.74 Å². The second-order valence-corrected chi connectivity index (χ2v) is 5.78. The Kier molecular flexibility index (Phi) is 4.90. The zero-order valence-corrected chi connectivity index (χ0v) is 12.1. The topological polar surface area (TPSA) is 9.23 Å². The molecular formula is C15H21BrO. The molecule has 0 atom stereocenters. The van der Waals surface area contributed by atoms with Crippen molar-refractivity contribution in [2.24, 2.45) is 0 Å². The average molecular weight is 297 g/mol. The van der Waals surface area contributed by atoms with E-state index in [-0.39, 0.29) is 0 Å². The molecule has 1 aliphatic carbocycles. The van der Waals surface area contributed by atoms with Crippen LogP contribution in [0.25, 0.3) is 0 Å². The fourth-order valence-electron chi connectivity index (χ4n) is 2.53. The lowest BCUT2D eigenvalue weighted by Crippen LogP contribution is -2.02. The highest BCUT2D eigenvalue weighted by Gasteiger charge is 2.20. The predicted molar refractivity (Wildman–Crippen MR) is 75.8 cm³/mol. The highest BCUT2D eigenvalue weighted by atomic mass is 79.9.